The largest absolute Gasteiger partial charge is 0.310 e. The Hall–Kier alpha value is -0.610. The van der Waals surface area contributed by atoms with Gasteiger partial charge in [0.15, 0.2) is 0 Å². The fraction of sp³-hybridized carbons (Fsp3) is 0.727. The molecule has 0 aliphatic carbocycles. The molecule has 1 N–H and O–H groups in total. The highest BCUT2D eigenvalue weighted by molar-refractivity contribution is 7.09. The normalized spacial score (nSPS) is 12.1. The van der Waals surface area contributed by atoms with E-state index in [-0.39, 0.29) is 10.4 Å². The monoisotopic (exact) mass is 228 g/mol. The molecule has 0 unspecified atom stereocenters. The van der Waals surface area contributed by atoms with Gasteiger partial charge >= 0.3 is 4.87 Å². The van der Waals surface area contributed by atoms with Crippen molar-refractivity contribution >= 4 is 11.3 Å². The van der Waals surface area contributed by atoms with E-state index in [4.69, 9.17) is 0 Å². The van der Waals surface area contributed by atoms with Crippen molar-refractivity contribution in [3.8, 4) is 0 Å². The number of hydrogen-bond acceptors (Lipinski definition) is 3. The smallest absolute Gasteiger partial charge is 0.307 e. The van der Waals surface area contributed by atoms with E-state index in [9.17, 15) is 4.79 Å². The molecule has 0 saturated carbocycles. The summed E-state index contributed by atoms with van der Waals surface area (Å²) in [5.41, 5.74) is 1.21. The molecule has 1 aromatic heterocycles. The summed E-state index contributed by atoms with van der Waals surface area (Å²) in [5.74, 6) is 0. The van der Waals surface area contributed by atoms with Gasteiger partial charge in [-0.25, -0.2) is 0 Å². The molecule has 0 bridgehead atoms. The zero-order valence-electron chi connectivity index (χ0n) is 10.2. The van der Waals surface area contributed by atoms with Crippen LogP contribution in [0.25, 0.3) is 0 Å². The Kier molecular flexibility index (Phi) is 3.73. The van der Waals surface area contributed by atoms with Gasteiger partial charge in [0.05, 0.1) is 0 Å². The van der Waals surface area contributed by atoms with Gasteiger partial charge in [-0.3, -0.25) is 4.79 Å². The fourth-order valence-corrected chi connectivity index (χ4v) is 2.25. The molecule has 3 nitrogen and oxygen atoms in total. The van der Waals surface area contributed by atoms with E-state index in [1.165, 1.54) is 11.3 Å². The number of rotatable bonds is 3. The predicted molar refractivity (Wildman–Crippen MR) is 65.8 cm³/mol. The molecule has 0 saturated heterocycles. The van der Waals surface area contributed by atoms with Crippen molar-refractivity contribution in [1.29, 1.82) is 0 Å². The van der Waals surface area contributed by atoms with Gasteiger partial charge in [0.1, 0.15) is 0 Å². The summed E-state index contributed by atoms with van der Waals surface area (Å²) in [6.07, 6.45) is 0. The van der Waals surface area contributed by atoms with Crippen LogP contribution in [0.2, 0.25) is 0 Å². The number of thiazole rings is 1. The Morgan fingerprint density at radius 3 is 2.33 bits per heavy atom. The summed E-state index contributed by atoms with van der Waals surface area (Å²) in [4.78, 5) is 12.8. The maximum atomic E-state index is 11.6. The molecule has 1 heterocycles. The van der Waals surface area contributed by atoms with Crippen molar-refractivity contribution in [2.24, 2.45) is 0 Å². The highest BCUT2D eigenvalue weighted by Gasteiger charge is 2.10. The van der Waals surface area contributed by atoms with E-state index < -0.39 is 0 Å². The summed E-state index contributed by atoms with van der Waals surface area (Å²) in [6.45, 7) is 12.0. The maximum absolute atomic E-state index is 11.6. The number of aromatic nitrogens is 1. The van der Waals surface area contributed by atoms with Crippen LogP contribution in [-0.4, -0.2) is 16.7 Å². The molecule has 0 amide bonds. The third-order valence-corrected chi connectivity index (χ3v) is 3.36. The average molecular weight is 228 g/mol. The van der Waals surface area contributed by atoms with Crippen molar-refractivity contribution in [2.75, 3.05) is 6.54 Å². The molecule has 86 valence electrons. The lowest BCUT2D eigenvalue weighted by molar-refractivity contribution is 0.410. The minimum atomic E-state index is 0.114. The van der Waals surface area contributed by atoms with Gasteiger partial charge in [-0.05, 0) is 34.6 Å². The molecule has 15 heavy (non-hydrogen) atoms. The second kappa shape index (κ2) is 4.49. The molecular formula is C11H20N2OS. The van der Waals surface area contributed by atoms with Crippen LogP contribution >= 0.6 is 11.3 Å². The minimum absolute atomic E-state index is 0.114. The van der Waals surface area contributed by atoms with Crippen LogP contribution in [0.1, 0.15) is 31.3 Å². The molecule has 0 radical (unpaired) electrons. The lowest BCUT2D eigenvalue weighted by Gasteiger charge is -2.20. The molecule has 0 aliphatic heterocycles. The molecule has 0 aromatic carbocycles. The van der Waals surface area contributed by atoms with Gasteiger partial charge in [0.2, 0.25) is 0 Å². The SMILES string of the molecule is Cc1sc(=O)n(CCNC(C)(C)C)c1C. The van der Waals surface area contributed by atoms with Crippen LogP contribution in [-0.2, 0) is 6.54 Å². The summed E-state index contributed by atoms with van der Waals surface area (Å²) in [6, 6.07) is 0. The Balaban J connectivity index is 2.62. The molecule has 0 atom stereocenters. The standard InChI is InChI=1S/C11H20N2OS/c1-8-9(2)15-10(14)13(8)7-6-12-11(3,4)5/h12H,6-7H2,1-5H3. The van der Waals surface area contributed by atoms with E-state index in [0.717, 1.165) is 23.7 Å². The van der Waals surface area contributed by atoms with Crippen LogP contribution in [0.5, 0.6) is 0 Å². The number of nitrogens with zero attached hydrogens (tertiary/aromatic N) is 1. The topological polar surface area (TPSA) is 34.0 Å². The molecular weight excluding hydrogens is 208 g/mol. The fourth-order valence-electron chi connectivity index (χ4n) is 1.39. The Labute approximate surface area is 95.1 Å². The van der Waals surface area contributed by atoms with Gasteiger partial charge in [0.25, 0.3) is 0 Å². The molecule has 0 spiro atoms. The Bertz CT molecular complexity index is 384. The van der Waals surface area contributed by atoms with Crippen molar-refractivity contribution < 1.29 is 0 Å². The van der Waals surface area contributed by atoms with E-state index in [0.29, 0.717) is 0 Å². The number of aryl methyl sites for hydroxylation is 1. The Morgan fingerprint density at radius 1 is 1.33 bits per heavy atom. The predicted octanol–water partition coefficient (Wildman–Crippen LogP) is 1.91. The molecule has 0 fully saturated rings. The zero-order chi connectivity index (χ0) is 11.6. The summed E-state index contributed by atoms with van der Waals surface area (Å²) in [7, 11) is 0. The molecule has 1 aromatic rings. The Morgan fingerprint density at radius 2 is 1.93 bits per heavy atom. The van der Waals surface area contributed by atoms with Crippen LogP contribution in [0.15, 0.2) is 4.79 Å². The highest BCUT2D eigenvalue weighted by Crippen LogP contribution is 2.08. The van der Waals surface area contributed by atoms with Crippen LogP contribution in [0, 0.1) is 13.8 Å². The highest BCUT2D eigenvalue weighted by atomic mass is 32.1. The van der Waals surface area contributed by atoms with Crippen molar-refractivity contribution in [3.63, 3.8) is 0 Å². The molecule has 1 rings (SSSR count). The van der Waals surface area contributed by atoms with Crippen LogP contribution < -0.4 is 10.2 Å². The summed E-state index contributed by atoms with van der Waals surface area (Å²) in [5, 5.41) is 3.38. The maximum Gasteiger partial charge on any atom is 0.307 e. The zero-order valence-corrected chi connectivity index (χ0v) is 11.0. The van der Waals surface area contributed by atoms with E-state index >= 15 is 0 Å². The first-order chi connectivity index (χ1) is 6.81. The lowest BCUT2D eigenvalue weighted by atomic mass is 10.1. The van der Waals surface area contributed by atoms with E-state index in [2.05, 4.69) is 26.1 Å². The minimum Gasteiger partial charge on any atom is -0.310 e. The van der Waals surface area contributed by atoms with Crippen molar-refractivity contribution in [1.82, 2.24) is 9.88 Å². The van der Waals surface area contributed by atoms with Gasteiger partial charge < -0.3 is 9.88 Å². The second-order valence-corrected chi connectivity index (χ2v) is 6.00. The first kappa shape index (κ1) is 12.5. The van der Waals surface area contributed by atoms with E-state index in [1.807, 2.05) is 18.4 Å². The number of nitrogens with one attached hydrogen (secondary N) is 1. The summed E-state index contributed by atoms with van der Waals surface area (Å²) >= 11 is 1.33. The lowest BCUT2D eigenvalue weighted by Crippen LogP contribution is -2.38. The van der Waals surface area contributed by atoms with Gasteiger partial charge in [-0.15, -0.1) is 0 Å². The second-order valence-electron chi connectivity index (χ2n) is 4.84. The third kappa shape index (κ3) is 3.47. The van der Waals surface area contributed by atoms with Crippen LogP contribution in [0.4, 0.5) is 0 Å². The van der Waals surface area contributed by atoms with Gasteiger partial charge in [-0.1, -0.05) is 11.3 Å². The molecule has 0 aliphatic rings. The molecule has 4 heteroatoms. The third-order valence-electron chi connectivity index (χ3n) is 2.37. The van der Waals surface area contributed by atoms with Gasteiger partial charge in [0, 0.05) is 29.2 Å². The average Bonchev–Trinajstić information content (AvgIpc) is 2.29. The van der Waals surface area contributed by atoms with Crippen LogP contribution in [0.3, 0.4) is 0 Å². The van der Waals surface area contributed by atoms with E-state index in [1.54, 1.807) is 0 Å². The number of hydrogen-bond donors (Lipinski definition) is 1. The van der Waals surface area contributed by atoms with Crippen molar-refractivity contribution in [3.05, 3.63) is 20.2 Å². The first-order valence-corrected chi connectivity index (χ1v) is 6.05. The van der Waals surface area contributed by atoms with Crippen molar-refractivity contribution in [2.45, 2.75) is 46.7 Å². The first-order valence-electron chi connectivity index (χ1n) is 5.23. The van der Waals surface area contributed by atoms with Gasteiger partial charge in [-0.2, -0.15) is 0 Å². The quantitative estimate of drug-likeness (QED) is 0.857. The summed E-state index contributed by atoms with van der Waals surface area (Å²) < 4.78 is 1.85.